The molecular formula is C19H17N3O. The third-order valence-corrected chi connectivity index (χ3v) is 3.53. The molecule has 1 aliphatic heterocycles. The molecular weight excluding hydrogens is 286 g/mol. The zero-order valence-electron chi connectivity index (χ0n) is 12.9. The number of rotatable bonds is 3. The van der Waals surface area contributed by atoms with Gasteiger partial charge in [0.05, 0.1) is 5.71 Å². The van der Waals surface area contributed by atoms with E-state index in [1.54, 1.807) is 18.5 Å². The van der Waals surface area contributed by atoms with Crippen LogP contribution in [0.3, 0.4) is 0 Å². The molecule has 0 unspecified atom stereocenters. The minimum Gasteiger partial charge on any atom is -0.485 e. The Bertz CT molecular complexity index is 787. The molecule has 1 aromatic heterocycles. The topological polar surface area (TPSA) is 47.4 Å². The van der Waals surface area contributed by atoms with Crippen molar-refractivity contribution in [2.45, 2.75) is 6.92 Å². The van der Waals surface area contributed by atoms with E-state index in [0.717, 1.165) is 33.9 Å². The summed E-state index contributed by atoms with van der Waals surface area (Å²) in [6, 6.07) is 8.17. The molecule has 0 amide bonds. The molecule has 0 saturated carbocycles. The van der Waals surface area contributed by atoms with Crippen molar-refractivity contribution in [3.8, 4) is 11.1 Å². The molecule has 2 aromatic rings. The monoisotopic (exact) mass is 303 g/mol. The normalized spacial score (nSPS) is 17.7. The Labute approximate surface area is 135 Å². The Hall–Kier alpha value is -3.01. The van der Waals surface area contributed by atoms with Crippen LogP contribution in [-0.2, 0) is 4.74 Å². The van der Waals surface area contributed by atoms with Gasteiger partial charge in [0.1, 0.15) is 24.4 Å². The second-order valence-corrected chi connectivity index (χ2v) is 4.99. The van der Waals surface area contributed by atoms with Crippen molar-refractivity contribution >= 4 is 5.71 Å². The highest BCUT2D eigenvalue weighted by atomic mass is 16.5. The molecule has 0 atom stereocenters. The van der Waals surface area contributed by atoms with Crippen LogP contribution in [0.15, 0.2) is 84.2 Å². The van der Waals surface area contributed by atoms with Gasteiger partial charge in [0.25, 0.3) is 0 Å². The molecule has 4 heteroatoms. The van der Waals surface area contributed by atoms with Crippen molar-refractivity contribution in [2.24, 2.45) is 4.99 Å². The summed E-state index contributed by atoms with van der Waals surface area (Å²) in [5.41, 5.74) is 4.85. The average Bonchev–Trinajstić information content (AvgIpc) is 2.63. The maximum absolute atomic E-state index is 5.77. The number of ether oxygens (including phenoxy) is 1. The molecule has 114 valence electrons. The SMILES string of the molecule is C=C/C=C1/OCC(c2ccc(-c3cncnc3)cc2)=N/C1=C/C. The number of nitrogens with zero attached hydrogens (tertiary/aromatic N) is 3. The quantitative estimate of drug-likeness (QED) is 0.863. The van der Waals surface area contributed by atoms with Crippen molar-refractivity contribution in [1.29, 1.82) is 0 Å². The highest BCUT2D eigenvalue weighted by molar-refractivity contribution is 6.03. The van der Waals surface area contributed by atoms with Crippen LogP contribution in [0.2, 0.25) is 0 Å². The summed E-state index contributed by atoms with van der Waals surface area (Å²) in [6.45, 7) is 6.09. The highest BCUT2D eigenvalue weighted by Crippen LogP contribution is 2.23. The number of aliphatic imine (C=N–C) groups is 1. The first kappa shape index (κ1) is 14.9. The van der Waals surface area contributed by atoms with Crippen molar-refractivity contribution in [1.82, 2.24) is 9.97 Å². The molecule has 0 radical (unpaired) electrons. The van der Waals surface area contributed by atoms with Gasteiger partial charge >= 0.3 is 0 Å². The predicted molar refractivity (Wildman–Crippen MR) is 92.0 cm³/mol. The molecule has 3 rings (SSSR count). The molecule has 0 bridgehead atoms. The van der Waals surface area contributed by atoms with Gasteiger partial charge in [0.15, 0.2) is 0 Å². The van der Waals surface area contributed by atoms with Crippen LogP contribution in [0.4, 0.5) is 0 Å². The van der Waals surface area contributed by atoms with Gasteiger partial charge in [-0.2, -0.15) is 0 Å². The Morgan fingerprint density at radius 1 is 1.04 bits per heavy atom. The first-order valence-electron chi connectivity index (χ1n) is 7.37. The van der Waals surface area contributed by atoms with Crippen LogP contribution >= 0.6 is 0 Å². The maximum atomic E-state index is 5.77. The van der Waals surface area contributed by atoms with E-state index in [4.69, 9.17) is 4.74 Å². The molecule has 23 heavy (non-hydrogen) atoms. The van der Waals surface area contributed by atoms with Gasteiger partial charge in [-0.25, -0.2) is 15.0 Å². The fourth-order valence-corrected chi connectivity index (χ4v) is 2.35. The van der Waals surface area contributed by atoms with Gasteiger partial charge in [0, 0.05) is 18.0 Å². The molecule has 2 heterocycles. The molecule has 0 saturated heterocycles. The fourth-order valence-electron chi connectivity index (χ4n) is 2.35. The molecule has 1 aromatic carbocycles. The molecule has 4 nitrogen and oxygen atoms in total. The Kier molecular flexibility index (Phi) is 4.43. The van der Waals surface area contributed by atoms with Crippen molar-refractivity contribution in [3.05, 3.63) is 84.8 Å². The third-order valence-electron chi connectivity index (χ3n) is 3.53. The van der Waals surface area contributed by atoms with Crippen molar-refractivity contribution in [3.63, 3.8) is 0 Å². The average molecular weight is 303 g/mol. The first-order chi connectivity index (χ1) is 11.3. The van der Waals surface area contributed by atoms with E-state index in [2.05, 4.69) is 21.5 Å². The Balaban J connectivity index is 1.88. The van der Waals surface area contributed by atoms with E-state index in [0.29, 0.717) is 6.61 Å². The number of hydrogen-bond donors (Lipinski definition) is 0. The minimum atomic E-state index is 0.449. The molecule has 0 spiro atoms. The standard InChI is InChI=1S/C19H17N3O/c1-3-5-19-17(4-2)22-18(12-23-19)15-8-6-14(7-9-15)16-10-20-13-21-11-16/h3-11,13H,1,12H2,2H3/b17-4+,19-5+. The van der Waals surface area contributed by atoms with E-state index in [9.17, 15) is 0 Å². The van der Waals surface area contributed by atoms with Crippen LogP contribution in [0.5, 0.6) is 0 Å². The lowest BCUT2D eigenvalue weighted by molar-refractivity contribution is 0.260. The summed E-state index contributed by atoms with van der Waals surface area (Å²) < 4.78 is 5.77. The van der Waals surface area contributed by atoms with E-state index in [1.807, 2.05) is 43.3 Å². The molecule has 0 N–H and O–H groups in total. The minimum absolute atomic E-state index is 0.449. The summed E-state index contributed by atoms with van der Waals surface area (Å²) >= 11 is 0. The lowest BCUT2D eigenvalue weighted by Gasteiger charge is -2.19. The predicted octanol–water partition coefficient (Wildman–Crippen LogP) is 3.94. The second kappa shape index (κ2) is 6.83. The highest BCUT2D eigenvalue weighted by Gasteiger charge is 2.16. The number of benzene rings is 1. The maximum Gasteiger partial charge on any atom is 0.145 e. The van der Waals surface area contributed by atoms with Crippen LogP contribution in [0.25, 0.3) is 11.1 Å². The fraction of sp³-hybridized carbons (Fsp3) is 0.105. The zero-order chi connectivity index (χ0) is 16.1. The van der Waals surface area contributed by atoms with E-state index in [-0.39, 0.29) is 0 Å². The molecule has 1 aliphatic rings. The van der Waals surface area contributed by atoms with Gasteiger partial charge < -0.3 is 4.74 Å². The van der Waals surface area contributed by atoms with Crippen LogP contribution in [0, 0.1) is 0 Å². The summed E-state index contributed by atoms with van der Waals surface area (Å²) in [6.07, 6.45) is 10.6. The van der Waals surface area contributed by atoms with Gasteiger partial charge in [-0.3, -0.25) is 0 Å². The molecule has 0 fully saturated rings. The van der Waals surface area contributed by atoms with Gasteiger partial charge in [-0.15, -0.1) is 0 Å². The third kappa shape index (κ3) is 3.26. The van der Waals surface area contributed by atoms with Gasteiger partial charge in [-0.1, -0.05) is 43.0 Å². The second-order valence-electron chi connectivity index (χ2n) is 4.99. The van der Waals surface area contributed by atoms with Crippen LogP contribution in [0.1, 0.15) is 12.5 Å². The lowest BCUT2D eigenvalue weighted by Crippen LogP contribution is -2.16. The lowest BCUT2D eigenvalue weighted by atomic mass is 10.0. The van der Waals surface area contributed by atoms with Gasteiger partial charge in [-0.05, 0) is 24.1 Å². The summed E-state index contributed by atoms with van der Waals surface area (Å²) in [4.78, 5) is 12.8. The van der Waals surface area contributed by atoms with Gasteiger partial charge in [0.2, 0.25) is 0 Å². The Morgan fingerprint density at radius 2 is 1.74 bits per heavy atom. The number of allylic oxidation sites excluding steroid dienone is 3. The Morgan fingerprint density at radius 3 is 2.39 bits per heavy atom. The van der Waals surface area contributed by atoms with Crippen LogP contribution in [-0.4, -0.2) is 22.3 Å². The van der Waals surface area contributed by atoms with E-state index < -0.39 is 0 Å². The van der Waals surface area contributed by atoms with Crippen molar-refractivity contribution in [2.75, 3.05) is 6.61 Å². The molecule has 0 aliphatic carbocycles. The van der Waals surface area contributed by atoms with E-state index >= 15 is 0 Å². The summed E-state index contributed by atoms with van der Waals surface area (Å²) in [5, 5.41) is 0. The van der Waals surface area contributed by atoms with Crippen LogP contribution < -0.4 is 0 Å². The largest absolute Gasteiger partial charge is 0.485 e. The van der Waals surface area contributed by atoms with Crippen molar-refractivity contribution < 1.29 is 4.74 Å². The zero-order valence-corrected chi connectivity index (χ0v) is 12.9. The smallest absolute Gasteiger partial charge is 0.145 e. The number of hydrogen-bond acceptors (Lipinski definition) is 4. The summed E-state index contributed by atoms with van der Waals surface area (Å²) in [5.74, 6) is 0.754. The summed E-state index contributed by atoms with van der Waals surface area (Å²) in [7, 11) is 0. The van der Waals surface area contributed by atoms with E-state index in [1.165, 1.54) is 6.33 Å². The number of aromatic nitrogens is 2. The first-order valence-corrected chi connectivity index (χ1v) is 7.37.